The summed E-state index contributed by atoms with van der Waals surface area (Å²) in [6, 6.07) is 7.61. The number of hydrogen-bond acceptors (Lipinski definition) is 5. The molecule has 1 aromatic rings. The highest BCUT2D eigenvalue weighted by atomic mass is 16.3. The number of carboxylic acid groups (broad SMARTS) is 1. The summed E-state index contributed by atoms with van der Waals surface area (Å²) >= 11 is 0. The van der Waals surface area contributed by atoms with Gasteiger partial charge in [-0.05, 0) is 64.1 Å². The minimum absolute atomic E-state index is 0.192. The number of pyridine rings is 1. The minimum atomic E-state index is -0.250. The van der Waals surface area contributed by atoms with Gasteiger partial charge in [0.2, 0.25) is 0 Å². The van der Waals surface area contributed by atoms with Crippen molar-refractivity contribution in [3.05, 3.63) is 33.7 Å². The SMILES string of the molecule is CC1(C#N)CCN(Cc2ccc3n(c2=O)C[C@H]2C[C@@H]3CN(C3CCCCCC3)C2)CC1.O=CO. The van der Waals surface area contributed by atoms with Gasteiger partial charge in [0.15, 0.2) is 0 Å². The third kappa shape index (κ3) is 5.55. The van der Waals surface area contributed by atoms with Crippen LogP contribution in [0.4, 0.5) is 0 Å². The van der Waals surface area contributed by atoms with E-state index >= 15 is 0 Å². The maximum absolute atomic E-state index is 13.4. The quantitative estimate of drug-likeness (QED) is 0.536. The van der Waals surface area contributed by atoms with Gasteiger partial charge in [0, 0.05) is 49.4 Å². The van der Waals surface area contributed by atoms with Crippen molar-refractivity contribution in [3.8, 4) is 6.07 Å². The van der Waals surface area contributed by atoms with Gasteiger partial charge in [-0.15, -0.1) is 0 Å². The highest BCUT2D eigenvalue weighted by Gasteiger charge is 2.37. The summed E-state index contributed by atoms with van der Waals surface area (Å²) in [6.07, 6.45) is 11.4. The fourth-order valence-corrected chi connectivity index (χ4v) is 6.63. The van der Waals surface area contributed by atoms with E-state index in [1.165, 1.54) is 57.2 Å². The number of aromatic nitrogens is 1. The van der Waals surface area contributed by atoms with Crippen LogP contribution in [0.1, 0.15) is 81.9 Å². The summed E-state index contributed by atoms with van der Waals surface area (Å²) in [5, 5.41) is 16.3. The van der Waals surface area contributed by atoms with E-state index in [4.69, 9.17) is 9.90 Å². The average Bonchev–Trinajstić information content (AvgIpc) is 3.13. The molecule has 1 saturated carbocycles. The molecule has 0 amide bonds. The fraction of sp³-hybridized carbons (Fsp3) is 0.741. The monoisotopic (exact) mass is 468 g/mol. The minimum Gasteiger partial charge on any atom is -0.483 e. The number of hydrogen-bond donors (Lipinski definition) is 1. The predicted octanol–water partition coefficient (Wildman–Crippen LogP) is 3.82. The number of carbonyl (C=O) groups is 1. The largest absolute Gasteiger partial charge is 0.483 e. The van der Waals surface area contributed by atoms with Crippen molar-refractivity contribution in [2.24, 2.45) is 11.3 Å². The standard InChI is InChI=1S/C26H38N4O.CH2O2/c1-26(19-27)10-12-28(13-11-26)17-21-8-9-24-22-14-20(16-30(24)25(21)31)15-29(18-22)23-6-4-2-3-5-7-23;2-1-3/h8-9,20,22-23H,2-7,10-18H2,1H3;1H,(H,2,3)/t20-,22+;/m0./s1. The number of fused-ring (bicyclic) bond motifs is 4. The molecule has 0 radical (unpaired) electrons. The van der Waals surface area contributed by atoms with Crippen molar-refractivity contribution in [1.82, 2.24) is 14.4 Å². The van der Waals surface area contributed by atoms with E-state index in [0.717, 1.165) is 57.2 Å². The molecule has 2 atom stereocenters. The lowest BCUT2D eigenvalue weighted by Crippen LogP contribution is -2.51. The highest BCUT2D eigenvalue weighted by molar-refractivity contribution is 5.32. The maximum Gasteiger partial charge on any atom is 0.290 e. The first-order valence-corrected chi connectivity index (χ1v) is 13.1. The number of piperidine rings is 2. The molecule has 7 nitrogen and oxygen atoms in total. The average molecular weight is 469 g/mol. The van der Waals surface area contributed by atoms with Crippen LogP contribution in [0.5, 0.6) is 0 Å². The molecule has 1 aromatic heterocycles. The molecule has 0 spiro atoms. The van der Waals surface area contributed by atoms with Crippen molar-refractivity contribution in [2.45, 2.75) is 89.8 Å². The second-order valence-electron chi connectivity index (χ2n) is 11.2. The molecule has 4 aliphatic rings. The molecule has 1 N–H and O–H groups in total. The van der Waals surface area contributed by atoms with Gasteiger partial charge < -0.3 is 9.67 Å². The van der Waals surface area contributed by atoms with E-state index in [9.17, 15) is 10.1 Å². The van der Waals surface area contributed by atoms with Crippen molar-refractivity contribution in [1.29, 1.82) is 5.26 Å². The second kappa shape index (κ2) is 11.0. The number of likely N-dealkylation sites (tertiary alicyclic amines) is 2. The Morgan fingerprint density at radius 2 is 1.79 bits per heavy atom. The zero-order chi connectivity index (χ0) is 24.1. The predicted molar refractivity (Wildman–Crippen MR) is 132 cm³/mol. The number of nitriles is 1. The lowest BCUT2D eigenvalue weighted by atomic mass is 9.81. The molecule has 0 aromatic carbocycles. The first kappa shape index (κ1) is 24.9. The van der Waals surface area contributed by atoms with E-state index in [1.807, 2.05) is 0 Å². The van der Waals surface area contributed by atoms with Gasteiger partial charge in [0.25, 0.3) is 12.0 Å². The number of nitrogens with zero attached hydrogens (tertiary/aromatic N) is 4. The van der Waals surface area contributed by atoms with E-state index < -0.39 is 0 Å². The summed E-state index contributed by atoms with van der Waals surface area (Å²) in [4.78, 5) is 26.9. The molecular weight excluding hydrogens is 428 g/mol. The van der Waals surface area contributed by atoms with Crippen molar-refractivity contribution in [3.63, 3.8) is 0 Å². The molecular formula is C27H40N4O3. The van der Waals surface area contributed by atoms with E-state index in [2.05, 4.69) is 39.5 Å². The third-order valence-corrected chi connectivity index (χ3v) is 8.68. The zero-order valence-electron chi connectivity index (χ0n) is 20.6. The van der Waals surface area contributed by atoms with Gasteiger partial charge in [-0.2, -0.15) is 5.26 Å². The Bertz CT molecular complexity index is 936. The summed E-state index contributed by atoms with van der Waals surface area (Å²) in [5.41, 5.74) is 2.26. The van der Waals surface area contributed by atoms with E-state index in [0.29, 0.717) is 11.8 Å². The van der Waals surface area contributed by atoms with Crippen LogP contribution in [0.15, 0.2) is 16.9 Å². The van der Waals surface area contributed by atoms with Crippen molar-refractivity contribution < 1.29 is 9.90 Å². The van der Waals surface area contributed by atoms with Crippen LogP contribution in [0.25, 0.3) is 0 Å². The Morgan fingerprint density at radius 1 is 1.12 bits per heavy atom. The zero-order valence-corrected chi connectivity index (χ0v) is 20.6. The van der Waals surface area contributed by atoms with Gasteiger partial charge in [-0.25, -0.2) is 0 Å². The van der Waals surface area contributed by atoms with Crippen LogP contribution >= 0.6 is 0 Å². The molecule has 2 saturated heterocycles. The van der Waals surface area contributed by atoms with Crippen LogP contribution in [-0.2, 0) is 17.9 Å². The summed E-state index contributed by atoms with van der Waals surface area (Å²) < 4.78 is 2.13. The Kier molecular flexibility index (Phi) is 8.10. The summed E-state index contributed by atoms with van der Waals surface area (Å²) in [5.74, 6) is 1.14. The fourth-order valence-electron chi connectivity index (χ4n) is 6.63. The van der Waals surface area contributed by atoms with Gasteiger partial charge in [0.05, 0.1) is 11.5 Å². The van der Waals surface area contributed by atoms with Gasteiger partial charge in [-0.3, -0.25) is 19.4 Å². The first-order valence-electron chi connectivity index (χ1n) is 13.1. The lowest BCUT2D eigenvalue weighted by molar-refractivity contribution is -0.122. The topological polar surface area (TPSA) is 89.6 Å². The van der Waals surface area contributed by atoms with Gasteiger partial charge in [0.1, 0.15) is 0 Å². The molecule has 3 aliphatic heterocycles. The smallest absolute Gasteiger partial charge is 0.290 e. The third-order valence-electron chi connectivity index (χ3n) is 8.68. The Hall–Kier alpha value is -2.17. The number of rotatable bonds is 3. The molecule has 186 valence electrons. The van der Waals surface area contributed by atoms with Crippen LogP contribution < -0.4 is 5.56 Å². The first-order chi connectivity index (χ1) is 16.5. The highest BCUT2D eigenvalue weighted by Crippen LogP contribution is 2.38. The van der Waals surface area contributed by atoms with Crippen LogP contribution in [0.3, 0.4) is 0 Å². The van der Waals surface area contributed by atoms with Gasteiger partial charge in [-0.1, -0.05) is 31.7 Å². The molecule has 34 heavy (non-hydrogen) atoms. The molecule has 5 rings (SSSR count). The van der Waals surface area contributed by atoms with Crippen LogP contribution in [-0.4, -0.2) is 58.2 Å². The van der Waals surface area contributed by atoms with E-state index in [1.54, 1.807) is 0 Å². The van der Waals surface area contributed by atoms with Crippen molar-refractivity contribution >= 4 is 6.47 Å². The van der Waals surface area contributed by atoms with Crippen molar-refractivity contribution in [2.75, 3.05) is 26.2 Å². The second-order valence-corrected chi connectivity index (χ2v) is 11.2. The molecule has 7 heteroatoms. The summed E-state index contributed by atoms with van der Waals surface area (Å²) in [6.45, 7) is 7.57. The van der Waals surface area contributed by atoms with Crippen LogP contribution in [0, 0.1) is 22.7 Å². The molecule has 0 unspecified atom stereocenters. The molecule has 1 aliphatic carbocycles. The van der Waals surface area contributed by atoms with Gasteiger partial charge >= 0.3 is 0 Å². The van der Waals surface area contributed by atoms with Crippen LogP contribution in [0.2, 0.25) is 0 Å². The molecule has 4 heterocycles. The molecule has 3 fully saturated rings. The Morgan fingerprint density at radius 3 is 2.44 bits per heavy atom. The maximum atomic E-state index is 13.4. The normalized spacial score (nSPS) is 27.4. The lowest BCUT2D eigenvalue weighted by Gasteiger charge is -2.46. The summed E-state index contributed by atoms with van der Waals surface area (Å²) in [7, 11) is 0. The Balaban J connectivity index is 0.000000868. The Labute approximate surface area is 203 Å². The molecule has 2 bridgehead atoms. The van der Waals surface area contributed by atoms with E-state index in [-0.39, 0.29) is 17.4 Å².